The normalized spacial score (nSPS) is 19.0. The molecule has 0 N–H and O–H groups in total. The number of sulfonamides is 1. The lowest BCUT2D eigenvalue weighted by atomic mass is 9.94. The lowest BCUT2D eigenvalue weighted by Gasteiger charge is -2.33. The maximum atomic E-state index is 15.8. The molecular weight excluding hydrogens is 606 g/mol. The van der Waals surface area contributed by atoms with Crippen LogP contribution in [0.15, 0.2) is 59.5 Å². The molecule has 1 aliphatic rings. The van der Waals surface area contributed by atoms with E-state index in [0.717, 1.165) is 22.5 Å². The molecule has 2 aromatic carbocycles. The molecule has 3 aromatic rings. The highest BCUT2D eigenvalue weighted by Crippen LogP contribution is 2.47. The summed E-state index contributed by atoms with van der Waals surface area (Å²) in [6.07, 6.45) is 1.03. The van der Waals surface area contributed by atoms with E-state index in [2.05, 4.69) is 4.98 Å². The topological polar surface area (TPSA) is 95.0 Å². The van der Waals surface area contributed by atoms with Crippen LogP contribution >= 0.6 is 11.6 Å². The smallest absolute Gasteiger partial charge is 0.337 e. The van der Waals surface area contributed by atoms with Gasteiger partial charge in [0.05, 0.1) is 20.8 Å². The fourth-order valence-corrected chi connectivity index (χ4v) is 8.56. The van der Waals surface area contributed by atoms with Gasteiger partial charge in [0, 0.05) is 5.02 Å². The number of benzene rings is 2. The number of rotatable bonds is 10. The highest BCUT2D eigenvalue weighted by molar-refractivity contribution is 7.92. The van der Waals surface area contributed by atoms with E-state index in [1.165, 1.54) is 26.4 Å². The molecule has 0 saturated heterocycles. The van der Waals surface area contributed by atoms with E-state index in [0.29, 0.717) is 29.7 Å². The Balaban J connectivity index is 1.72. The molecule has 1 aromatic heterocycles. The maximum Gasteiger partial charge on any atom is 0.337 e. The van der Waals surface area contributed by atoms with Crippen molar-refractivity contribution in [3.8, 4) is 5.75 Å². The number of halogens is 3. The first-order valence-electron chi connectivity index (χ1n) is 13.2. The molecule has 4 rings (SSSR count). The number of carbonyl (C=O) groups excluding carboxylic acids is 1. The van der Waals surface area contributed by atoms with Gasteiger partial charge in [0.25, 0.3) is 10.0 Å². The second kappa shape index (κ2) is 12.3. The molecule has 1 heterocycles. The van der Waals surface area contributed by atoms with Gasteiger partial charge in [-0.3, -0.25) is 0 Å². The predicted octanol–water partition coefficient (Wildman–Crippen LogP) is 6.45. The van der Waals surface area contributed by atoms with Crippen molar-refractivity contribution in [2.24, 2.45) is 0 Å². The molecule has 0 bridgehead atoms. The summed E-state index contributed by atoms with van der Waals surface area (Å²) in [6.45, 7) is 5.62. The molecule has 226 valence electrons. The summed E-state index contributed by atoms with van der Waals surface area (Å²) in [6, 6.07) is 12.4. The van der Waals surface area contributed by atoms with Gasteiger partial charge in [-0.05, 0) is 92.3 Å². The van der Waals surface area contributed by atoms with Gasteiger partial charge >= 0.3 is 5.97 Å². The summed E-state index contributed by atoms with van der Waals surface area (Å²) < 4.78 is 75.0. The Hall–Kier alpha value is -3.06. The number of methoxy groups -OCH3 is 2. The predicted molar refractivity (Wildman–Crippen MR) is 158 cm³/mol. The standard InChI is InChI=1S/C29H33ClF2N2O6SSi/c1-38-21-11-9-19(10-12-21)18-34(27-8-6-7-26(32)33-27)41(36,37)25-16-23(30)22(15-24(25)31)20-13-14-29(17-20,28(35)39-2)40-42(3,4)5/h6-12,15-16,20H,13-14,17-18H2,1-5H3. The molecule has 8 nitrogen and oxygen atoms in total. The van der Waals surface area contributed by atoms with Crippen LogP contribution in [-0.2, 0) is 30.5 Å². The third-order valence-electron chi connectivity index (χ3n) is 7.03. The van der Waals surface area contributed by atoms with E-state index in [1.54, 1.807) is 24.3 Å². The SMILES string of the molecule is COC(=O)C1(O[Si](C)(C)C)CCC(c2cc(F)c(S(=O)(=O)N(Cc3ccc(OC)cc3)c3cccc(F)n3)cc2Cl)C1. The fourth-order valence-electron chi connectivity index (χ4n) is 5.26. The van der Waals surface area contributed by atoms with E-state index in [4.69, 9.17) is 25.5 Å². The van der Waals surface area contributed by atoms with Crippen LogP contribution in [0.25, 0.3) is 0 Å². The van der Waals surface area contributed by atoms with Gasteiger partial charge in [0.15, 0.2) is 13.9 Å². The molecule has 1 fully saturated rings. The lowest BCUT2D eigenvalue weighted by molar-refractivity contribution is -0.159. The summed E-state index contributed by atoms with van der Waals surface area (Å²) in [7, 11) is -4.01. The molecule has 0 amide bonds. The average molecular weight is 639 g/mol. The van der Waals surface area contributed by atoms with Crippen LogP contribution in [0, 0.1) is 11.8 Å². The highest BCUT2D eigenvalue weighted by Gasteiger charge is 2.50. The van der Waals surface area contributed by atoms with Crippen molar-refractivity contribution in [2.75, 3.05) is 18.5 Å². The van der Waals surface area contributed by atoms with Crippen LogP contribution in [0.2, 0.25) is 24.7 Å². The van der Waals surface area contributed by atoms with E-state index < -0.39 is 46.6 Å². The van der Waals surface area contributed by atoms with E-state index in [1.807, 2.05) is 19.6 Å². The van der Waals surface area contributed by atoms with Gasteiger partial charge in [-0.1, -0.05) is 29.8 Å². The van der Waals surface area contributed by atoms with E-state index in [-0.39, 0.29) is 29.7 Å². The van der Waals surface area contributed by atoms with Crippen molar-refractivity contribution >= 4 is 41.7 Å². The monoisotopic (exact) mass is 638 g/mol. The third kappa shape index (κ3) is 6.77. The molecule has 1 saturated carbocycles. The van der Waals surface area contributed by atoms with Gasteiger partial charge in [-0.15, -0.1) is 0 Å². The van der Waals surface area contributed by atoms with Crippen LogP contribution in [0.3, 0.4) is 0 Å². The van der Waals surface area contributed by atoms with Crippen LogP contribution in [0.5, 0.6) is 5.75 Å². The maximum absolute atomic E-state index is 15.8. The van der Waals surface area contributed by atoms with Crippen LogP contribution in [0.4, 0.5) is 14.6 Å². The second-order valence-corrected chi connectivity index (χ2v) is 17.8. The summed E-state index contributed by atoms with van der Waals surface area (Å²) >= 11 is 6.61. The fraction of sp³-hybridized carbons (Fsp3) is 0.379. The molecule has 2 atom stereocenters. The average Bonchev–Trinajstić information content (AvgIpc) is 3.35. The van der Waals surface area contributed by atoms with Gasteiger partial charge in [0.2, 0.25) is 5.95 Å². The van der Waals surface area contributed by atoms with Gasteiger partial charge < -0.3 is 13.9 Å². The first-order valence-corrected chi connectivity index (χ1v) is 18.5. The van der Waals surface area contributed by atoms with Crippen molar-refractivity contribution in [1.82, 2.24) is 4.98 Å². The summed E-state index contributed by atoms with van der Waals surface area (Å²) in [5, 5.41) is 0.0187. The van der Waals surface area contributed by atoms with Crippen molar-refractivity contribution in [3.05, 3.63) is 82.5 Å². The molecule has 1 aliphatic carbocycles. The zero-order valence-electron chi connectivity index (χ0n) is 24.0. The number of anilines is 1. The highest BCUT2D eigenvalue weighted by atomic mass is 35.5. The van der Waals surface area contributed by atoms with Gasteiger partial charge in [-0.25, -0.2) is 26.9 Å². The van der Waals surface area contributed by atoms with E-state index >= 15 is 4.39 Å². The summed E-state index contributed by atoms with van der Waals surface area (Å²) in [5.74, 6) is -2.48. The Morgan fingerprint density at radius 3 is 2.40 bits per heavy atom. The molecule has 0 aliphatic heterocycles. The van der Waals surface area contributed by atoms with E-state index in [9.17, 15) is 17.6 Å². The molecule has 2 unspecified atom stereocenters. The third-order valence-corrected chi connectivity index (χ3v) is 10.1. The first-order chi connectivity index (χ1) is 19.7. The largest absolute Gasteiger partial charge is 0.497 e. The minimum absolute atomic E-state index is 0.0187. The summed E-state index contributed by atoms with van der Waals surface area (Å²) in [5.41, 5.74) is -0.295. The van der Waals surface area contributed by atoms with Gasteiger partial charge in [0.1, 0.15) is 22.3 Å². The Bertz CT molecular complexity index is 1570. The van der Waals surface area contributed by atoms with Crippen molar-refractivity contribution in [2.45, 2.75) is 61.9 Å². The number of ether oxygens (including phenoxy) is 2. The quantitative estimate of drug-likeness (QED) is 0.143. The van der Waals surface area contributed by atoms with Crippen molar-refractivity contribution in [3.63, 3.8) is 0 Å². The second-order valence-electron chi connectivity index (χ2n) is 11.1. The number of esters is 1. The minimum Gasteiger partial charge on any atom is -0.497 e. The molecule has 13 heteroatoms. The van der Waals surface area contributed by atoms with Crippen LogP contribution in [0.1, 0.15) is 36.3 Å². The number of hydrogen-bond donors (Lipinski definition) is 0. The number of carbonyl (C=O) groups is 1. The first kappa shape index (κ1) is 31.9. The zero-order valence-corrected chi connectivity index (χ0v) is 26.6. The Labute approximate surface area is 250 Å². The Kier molecular flexibility index (Phi) is 9.31. The molecular formula is C29H33ClF2N2O6SSi. The number of pyridine rings is 1. The van der Waals surface area contributed by atoms with Crippen LogP contribution in [-0.4, -0.2) is 47.5 Å². The van der Waals surface area contributed by atoms with Crippen molar-refractivity contribution < 1.29 is 35.9 Å². The lowest BCUT2D eigenvalue weighted by Crippen LogP contribution is -2.47. The Morgan fingerprint density at radius 2 is 1.81 bits per heavy atom. The molecule has 42 heavy (non-hydrogen) atoms. The summed E-state index contributed by atoms with van der Waals surface area (Å²) in [4.78, 5) is 15.8. The molecule has 0 spiro atoms. The van der Waals surface area contributed by atoms with Gasteiger partial charge in [-0.2, -0.15) is 4.39 Å². The zero-order chi connectivity index (χ0) is 30.9. The number of aromatic nitrogens is 1. The molecule has 0 radical (unpaired) electrons. The van der Waals surface area contributed by atoms with Crippen molar-refractivity contribution in [1.29, 1.82) is 0 Å². The Morgan fingerprint density at radius 1 is 1.12 bits per heavy atom. The number of nitrogens with zero attached hydrogens (tertiary/aromatic N) is 2. The number of hydrogen-bond acceptors (Lipinski definition) is 7. The van der Waals surface area contributed by atoms with Crippen LogP contribution < -0.4 is 9.04 Å². The minimum atomic E-state index is -4.62.